The molecule has 0 bridgehead atoms. The fraction of sp³-hybridized carbons (Fsp3) is 0.556. The lowest BCUT2D eigenvalue weighted by molar-refractivity contribution is -0.130. The number of rotatable bonds is 5. The summed E-state index contributed by atoms with van der Waals surface area (Å²) < 4.78 is 5.41. The highest BCUT2D eigenvalue weighted by atomic mass is 16.5. The zero-order chi connectivity index (χ0) is 28.1. The van der Waals surface area contributed by atoms with Gasteiger partial charge in [0.25, 0.3) is 0 Å². The fourth-order valence-electron chi connectivity index (χ4n) is 8.04. The average Bonchev–Trinajstić information content (AvgIpc) is 3.32. The first-order valence-electron chi connectivity index (χ1n) is 15.4. The molecule has 0 unspecified atom stereocenters. The summed E-state index contributed by atoms with van der Waals surface area (Å²) in [6, 6.07) is 13.7. The Morgan fingerprint density at radius 2 is 1.77 bits per heavy atom. The average molecular weight is 541 g/mol. The van der Waals surface area contributed by atoms with Crippen LogP contribution >= 0.6 is 0 Å². The Labute approximate surface area is 239 Å². The van der Waals surface area contributed by atoms with E-state index in [1.54, 1.807) is 6.07 Å². The van der Waals surface area contributed by atoms with Crippen molar-refractivity contribution in [2.24, 2.45) is 23.2 Å². The van der Waals surface area contributed by atoms with Crippen molar-refractivity contribution in [3.05, 3.63) is 59.2 Å². The van der Waals surface area contributed by atoms with Crippen molar-refractivity contribution in [2.75, 3.05) is 7.11 Å². The summed E-state index contributed by atoms with van der Waals surface area (Å²) in [6.45, 7) is 2.29. The van der Waals surface area contributed by atoms with Crippen molar-refractivity contribution in [1.82, 2.24) is 0 Å². The van der Waals surface area contributed by atoms with Crippen LogP contribution in [-0.2, 0) is 16.0 Å². The predicted octanol–water partition coefficient (Wildman–Crippen LogP) is 7.79. The highest BCUT2D eigenvalue weighted by Crippen LogP contribution is 2.53. The smallest absolute Gasteiger partial charge is 0.160 e. The van der Waals surface area contributed by atoms with Crippen molar-refractivity contribution in [2.45, 2.75) is 96.3 Å². The van der Waals surface area contributed by atoms with E-state index in [0.29, 0.717) is 29.9 Å². The van der Waals surface area contributed by atoms with E-state index < -0.39 is 0 Å². The van der Waals surface area contributed by atoms with Gasteiger partial charge in [0, 0.05) is 18.3 Å². The van der Waals surface area contributed by atoms with Crippen molar-refractivity contribution >= 4 is 11.6 Å². The highest BCUT2D eigenvalue weighted by Gasteiger charge is 2.44. The fourth-order valence-corrected chi connectivity index (χ4v) is 8.04. The number of ketones is 2. The van der Waals surface area contributed by atoms with Crippen LogP contribution in [0.2, 0.25) is 0 Å². The van der Waals surface area contributed by atoms with E-state index >= 15 is 0 Å². The van der Waals surface area contributed by atoms with Gasteiger partial charge in [-0.2, -0.15) is 0 Å². The van der Waals surface area contributed by atoms with Crippen LogP contribution in [0.4, 0.5) is 0 Å². The van der Waals surface area contributed by atoms with Crippen LogP contribution < -0.4 is 4.74 Å². The third-order valence-corrected chi connectivity index (χ3v) is 10.1. The second-order valence-electron chi connectivity index (χ2n) is 12.4. The highest BCUT2D eigenvalue weighted by molar-refractivity contribution is 6.00. The van der Waals surface area contributed by atoms with Gasteiger partial charge in [0.15, 0.2) is 11.5 Å². The van der Waals surface area contributed by atoms with E-state index in [1.807, 2.05) is 24.3 Å². The normalized spacial score (nSPS) is 26.8. The number of ether oxygens (including phenoxy) is 1. The summed E-state index contributed by atoms with van der Waals surface area (Å²) in [6.07, 6.45) is 12.4. The molecule has 0 aromatic heterocycles. The number of carbonyl (C=O) groups excluding carboxylic acids is 2. The number of hydrogen-bond donors (Lipinski definition) is 1. The first kappa shape index (κ1) is 28.5. The van der Waals surface area contributed by atoms with Crippen LogP contribution in [0.5, 0.6) is 11.5 Å². The minimum absolute atomic E-state index is 0.00299. The van der Waals surface area contributed by atoms with E-state index in [1.165, 1.54) is 45.6 Å². The number of carbonyl (C=O) groups is 2. The minimum atomic E-state index is -0.265. The number of aryl methyl sites for hydroxylation is 1. The number of hydrogen-bond acceptors (Lipinski definition) is 4. The van der Waals surface area contributed by atoms with Gasteiger partial charge in [0.05, 0.1) is 19.4 Å². The Kier molecular flexibility index (Phi) is 8.99. The van der Waals surface area contributed by atoms with Crippen LogP contribution in [0.1, 0.15) is 107 Å². The van der Waals surface area contributed by atoms with E-state index in [-0.39, 0.29) is 41.5 Å². The lowest BCUT2D eigenvalue weighted by Crippen LogP contribution is -2.32. The Morgan fingerprint density at radius 1 is 1.00 bits per heavy atom. The zero-order valence-corrected chi connectivity index (χ0v) is 24.2. The van der Waals surface area contributed by atoms with Crippen LogP contribution in [-0.4, -0.2) is 23.8 Å². The summed E-state index contributed by atoms with van der Waals surface area (Å²) in [5.74, 6) is 7.83. The van der Waals surface area contributed by atoms with Crippen LogP contribution in [0.15, 0.2) is 42.5 Å². The Morgan fingerprint density at radius 3 is 2.50 bits per heavy atom. The maximum absolute atomic E-state index is 13.9. The van der Waals surface area contributed by atoms with Gasteiger partial charge in [0.1, 0.15) is 11.6 Å². The molecular weight excluding hydrogens is 496 g/mol. The number of fused-ring (bicyclic) bond motifs is 2. The molecule has 0 aliphatic heterocycles. The molecular formula is C36H44O4. The summed E-state index contributed by atoms with van der Waals surface area (Å²) in [7, 11) is 1.53. The lowest BCUT2D eigenvalue weighted by atomic mass is 9.66. The van der Waals surface area contributed by atoms with Gasteiger partial charge in [-0.05, 0) is 85.1 Å². The summed E-state index contributed by atoms with van der Waals surface area (Å²) in [5, 5.41) is 10.7. The predicted molar refractivity (Wildman–Crippen MR) is 158 cm³/mol. The van der Waals surface area contributed by atoms with Gasteiger partial charge in [-0.25, -0.2) is 0 Å². The third kappa shape index (κ3) is 5.99. The van der Waals surface area contributed by atoms with Gasteiger partial charge in [-0.3, -0.25) is 9.59 Å². The monoisotopic (exact) mass is 540 g/mol. The zero-order valence-electron chi connectivity index (χ0n) is 24.2. The molecule has 0 saturated heterocycles. The van der Waals surface area contributed by atoms with Crippen LogP contribution in [0.3, 0.4) is 0 Å². The third-order valence-electron chi connectivity index (χ3n) is 10.1. The van der Waals surface area contributed by atoms with Crippen molar-refractivity contribution in [3.8, 4) is 23.3 Å². The minimum Gasteiger partial charge on any atom is -0.504 e. The maximum Gasteiger partial charge on any atom is 0.160 e. The first-order valence-corrected chi connectivity index (χ1v) is 15.4. The SMILES string of the molecule is CCCC1([C@@H]2CCC[C@@H]3C#C[C@@H](c4ccccc4)c4cc(O)c(OC)cc4CCC(=O)CC(=O)[C@@H]3C2)CCCC1. The number of aromatic hydroxyl groups is 1. The summed E-state index contributed by atoms with van der Waals surface area (Å²) in [4.78, 5) is 27.1. The molecule has 4 nitrogen and oxygen atoms in total. The number of Topliss-reactive ketones (excluding diaryl/α,β-unsaturated/α-hetero) is 2. The molecule has 212 valence electrons. The molecule has 5 rings (SSSR count). The molecule has 2 saturated carbocycles. The van der Waals surface area contributed by atoms with Gasteiger partial charge in [-0.1, -0.05) is 74.8 Å². The van der Waals surface area contributed by atoms with Gasteiger partial charge >= 0.3 is 0 Å². The van der Waals surface area contributed by atoms with Crippen LogP contribution in [0.25, 0.3) is 0 Å². The second-order valence-corrected chi connectivity index (χ2v) is 12.4. The molecule has 2 aromatic carbocycles. The molecule has 2 fully saturated rings. The standard InChI is InChI=1S/C36H44O4/c1-3-18-36(19-7-8-20-36)28-13-9-12-26-15-17-30(25-10-5-4-6-11-25)31-24-34(39)35(40-2)21-27(31)14-16-29(37)23-33(38)32(26)22-28/h4-6,10-11,21,24,26,28,30,32,39H,3,7-9,12-14,16,18-20,22-23H2,1-2H3/t26-,28-,30+,32-/m1/s1. The number of benzene rings is 2. The van der Waals surface area contributed by atoms with Gasteiger partial charge < -0.3 is 9.84 Å². The largest absolute Gasteiger partial charge is 0.504 e. The Bertz CT molecular complexity index is 1260. The van der Waals surface area contributed by atoms with Crippen molar-refractivity contribution < 1.29 is 19.4 Å². The molecule has 0 amide bonds. The lowest BCUT2D eigenvalue weighted by Gasteiger charge is -2.39. The number of phenolic OH excluding ortho intramolecular Hbond substituents is 1. The Balaban J connectivity index is 1.58. The van der Waals surface area contributed by atoms with E-state index in [4.69, 9.17) is 4.74 Å². The molecule has 4 atom stereocenters. The molecule has 0 spiro atoms. The van der Waals surface area contributed by atoms with Crippen molar-refractivity contribution in [3.63, 3.8) is 0 Å². The number of phenols is 1. The van der Waals surface area contributed by atoms with Crippen LogP contribution in [0, 0.1) is 35.0 Å². The van der Waals surface area contributed by atoms with E-state index in [0.717, 1.165) is 42.4 Å². The molecule has 0 heterocycles. The second kappa shape index (κ2) is 12.6. The molecule has 4 heteroatoms. The number of methoxy groups -OCH3 is 1. The topological polar surface area (TPSA) is 63.6 Å². The maximum atomic E-state index is 13.9. The first-order chi connectivity index (χ1) is 19.4. The summed E-state index contributed by atoms with van der Waals surface area (Å²) in [5.41, 5.74) is 3.24. The Hall–Kier alpha value is -3.06. The van der Waals surface area contributed by atoms with Gasteiger partial charge in [-0.15, -0.1) is 0 Å². The van der Waals surface area contributed by atoms with Crippen molar-refractivity contribution in [1.29, 1.82) is 0 Å². The quantitative estimate of drug-likeness (QED) is 0.310. The summed E-state index contributed by atoms with van der Waals surface area (Å²) >= 11 is 0. The molecule has 40 heavy (non-hydrogen) atoms. The molecule has 3 aliphatic rings. The van der Waals surface area contributed by atoms with E-state index in [9.17, 15) is 14.7 Å². The molecule has 2 aromatic rings. The molecule has 1 N–H and O–H groups in total. The molecule has 0 radical (unpaired) electrons. The van der Waals surface area contributed by atoms with E-state index in [2.05, 4.69) is 30.9 Å². The van der Waals surface area contributed by atoms with Gasteiger partial charge in [0.2, 0.25) is 0 Å². The molecule has 3 aliphatic carbocycles.